The van der Waals surface area contributed by atoms with Gasteiger partial charge in [-0.2, -0.15) is 5.26 Å². The van der Waals surface area contributed by atoms with Crippen molar-refractivity contribution in [2.24, 2.45) is 0 Å². The predicted octanol–water partition coefficient (Wildman–Crippen LogP) is 2.16. The highest BCUT2D eigenvalue weighted by molar-refractivity contribution is 5.49. The summed E-state index contributed by atoms with van der Waals surface area (Å²) in [5.41, 5.74) is 3.59. The van der Waals surface area contributed by atoms with Gasteiger partial charge in [0.2, 0.25) is 0 Å². The van der Waals surface area contributed by atoms with E-state index in [2.05, 4.69) is 12.0 Å². The zero-order valence-corrected chi connectivity index (χ0v) is 7.18. The van der Waals surface area contributed by atoms with Crippen LogP contribution in [0.4, 0.5) is 0 Å². The molecule has 0 heterocycles. The second-order valence-corrected chi connectivity index (χ2v) is 2.72. The van der Waals surface area contributed by atoms with Crippen LogP contribution in [-0.4, -0.2) is 0 Å². The molecule has 0 saturated heterocycles. The lowest BCUT2D eigenvalue weighted by molar-refractivity contribution is 1.30. The number of terminal acetylenes is 1. The van der Waals surface area contributed by atoms with Gasteiger partial charge in [-0.15, -0.1) is 6.42 Å². The minimum absolute atomic E-state index is 0.631. The van der Waals surface area contributed by atoms with E-state index in [1.807, 2.05) is 19.9 Å². The molecule has 0 bridgehead atoms. The molecule has 1 nitrogen and oxygen atoms in total. The summed E-state index contributed by atoms with van der Waals surface area (Å²) < 4.78 is 0. The van der Waals surface area contributed by atoms with Crippen molar-refractivity contribution in [1.82, 2.24) is 0 Å². The minimum Gasteiger partial charge on any atom is -0.192 e. The van der Waals surface area contributed by atoms with Crippen molar-refractivity contribution in [2.45, 2.75) is 13.8 Å². The van der Waals surface area contributed by atoms with E-state index in [9.17, 15) is 0 Å². The van der Waals surface area contributed by atoms with Crippen molar-refractivity contribution < 1.29 is 0 Å². The molecule has 12 heavy (non-hydrogen) atoms. The number of nitriles is 1. The third-order valence-electron chi connectivity index (χ3n) is 1.95. The van der Waals surface area contributed by atoms with Gasteiger partial charge in [0, 0.05) is 5.56 Å². The molecule has 1 rings (SSSR count). The van der Waals surface area contributed by atoms with Crippen LogP contribution in [0.25, 0.3) is 0 Å². The Hall–Kier alpha value is -1.73. The van der Waals surface area contributed by atoms with Crippen LogP contribution >= 0.6 is 0 Å². The van der Waals surface area contributed by atoms with E-state index in [0.29, 0.717) is 5.56 Å². The Bertz CT molecular complexity index is 389. The third-order valence-corrected chi connectivity index (χ3v) is 1.95. The van der Waals surface area contributed by atoms with Crippen LogP contribution in [-0.2, 0) is 0 Å². The number of hydrogen-bond acceptors (Lipinski definition) is 1. The van der Waals surface area contributed by atoms with Gasteiger partial charge in [-0.25, -0.2) is 0 Å². The molecule has 0 aromatic heterocycles. The van der Waals surface area contributed by atoms with Crippen molar-refractivity contribution in [2.75, 3.05) is 0 Å². The van der Waals surface area contributed by atoms with Gasteiger partial charge in [-0.3, -0.25) is 0 Å². The second-order valence-electron chi connectivity index (χ2n) is 2.72. The quantitative estimate of drug-likeness (QED) is 0.527. The Kier molecular flexibility index (Phi) is 2.17. The van der Waals surface area contributed by atoms with Crippen LogP contribution in [0.15, 0.2) is 12.1 Å². The molecule has 1 aromatic rings. The molecule has 0 N–H and O–H groups in total. The Morgan fingerprint density at radius 1 is 1.33 bits per heavy atom. The SMILES string of the molecule is C#Cc1cc(C#N)cc(C)c1C. The lowest BCUT2D eigenvalue weighted by Crippen LogP contribution is -1.89. The number of nitrogens with zero attached hydrogens (tertiary/aromatic N) is 1. The van der Waals surface area contributed by atoms with Crippen molar-refractivity contribution >= 4 is 0 Å². The van der Waals surface area contributed by atoms with Crippen molar-refractivity contribution in [1.29, 1.82) is 5.26 Å². The van der Waals surface area contributed by atoms with Crippen LogP contribution in [0, 0.1) is 37.5 Å². The first-order chi connectivity index (χ1) is 5.69. The van der Waals surface area contributed by atoms with Crippen LogP contribution in [0.2, 0.25) is 0 Å². The van der Waals surface area contributed by atoms with E-state index in [1.54, 1.807) is 6.07 Å². The predicted molar refractivity (Wildman–Crippen MR) is 48.6 cm³/mol. The molecule has 0 unspecified atom stereocenters. The third kappa shape index (κ3) is 1.31. The standard InChI is InChI=1S/C11H9N/c1-4-11-6-10(7-12)5-8(2)9(11)3/h1,5-6H,2-3H3. The molecule has 0 fully saturated rings. The van der Waals surface area contributed by atoms with E-state index in [-0.39, 0.29) is 0 Å². The van der Waals surface area contributed by atoms with Crippen LogP contribution < -0.4 is 0 Å². The molecule has 0 saturated carbocycles. The van der Waals surface area contributed by atoms with Crippen molar-refractivity contribution in [3.8, 4) is 18.4 Å². The summed E-state index contributed by atoms with van der Waals surface area (Å²) in [4.78, 5) is 0. The first-order valence-corrected chi connectivity index (χ1v) is 3.67. The minimum atomic E-state index is 0.631. The topological polar surface area (TPSA) is 23.8 Å². The summed E-state index contributed by atoms with van der Waals surface area (Å²) in [6.45, 7) is 3.92. The summed E-state index contributed by atoms with van der Waals surface area (Å²) in [6.07, 6.45) is 5.28. The largest absolute Gasteiger partial charge is 0.192 e. The molecule has 0 amide bonds. The fourth-order valence-electron chi connectivity index (χ4n) is 1.07. The lowest BCUT2D eigenvalue weighted by atomic mass is 10.0. The zero-order chi connectivity index (χ0) is 9.14. The highest BCUT2D eigenvalue weighted by Gasteiger charge is 2.00. The maximum Gasteiger partial charge on any atom is 0.0992 e. The van der Waals surface area contributed by atoms with Gasteiger partial charge < -0.3 is 0 Å². The van der Waals surface area contributed by atoms with Gasteiger partial charge in [0.05, 0.1) is 11.6 Å². The number of benzene rings is 1. The Morgan fingerprint density at radius 3 is 2.50 bits per heavy atom. The number of aryl methyl sites for hydroxylation is 1. The maximum absolute atomic E-state index is 8.65. The molecule has 1 aromatic carbocycles. The van der Waals surface area contributed by atoms with Gasteiger partial charge in [0.25, 0.3) is 0 Å². The molecule has 0 aliphatic carbocycles. The normalized spacial score (nSPS) is 8.67. The second kappa shape index (κ2) is 3.11. The zero-order valence-electron chi connectivity index (χ0n) is 7.18. The lowest BCUT2D eigenvalue weighted by Gasteiger charge is -2.02. The number of hydrogen-bond donors (Lipinski definition) is 0. The highest BCUT2D eigenvalue weighted by Crippen LogP contribution is 2.14. The smallest absolute Gasteiger partial charge is 0.0992 e. The fraction of sp³-hybridized carbons (Fsp3) is 0.182. The van der Waals surface area contributed by atoms with E-state index in [1.165, 1.54) is 0 Å². The molecular weight excluding hydrogens is 146 g/mol. The first-order valence-electron chi connectivity index (χ1n) is 3.67. The van der Waals surface area contributed by atoms with Crippen LogP contribution in [0.1, 0.15) is 22.3 Å². The Balaban J connectivity index is 3.44. The Labute approximate surface area is 72.6 Å². The molecule has 1 heteroatoms. The molecule has 0 aliphatic rings. The molecule has 0 atom stereocenters. The summed E-state index contributed by atoms with van der Waals surface area (Å²) in [7, 11) is 0. The fourth-order valence-corrected chi connectivity index (χ4v) is 1.07. The first kappa shape index (κ1) is 8.37. The maximum atomic E-state index is 8.65. The monoisotopic (exact) mass is 155 g/mol. The van der Waals surface area contributed by atoms with Crippen LogP contribution in [0.5, 0.6) is 0 Å². The molecule has 0 radical (unpaired) electrons. The highest BCUT2D eigenvalue weighted by atomic mass is 14.2. The van der Waals surface area contributed by atoms with Crippen LogP contribution in [0.3, 0.4) is 0 Å². The molecule has 58 valence electrons. The summed E-state index contributed by atoms with van der Waals surface area (Å²) in [5.74, 6) is 2.56. The van der Waals surface area contributed by atoms with Gasteiger partial charge in [-0.05, 0) is 37.1 Å². The van der Waals surface area contributed by atoms with E-state index >= 15 is 0 Å². The number of rotatable bonds is 0. The van der Waals surface area contributed by atoms with Gasteiger partial charge in [0.1, 0.15) is 0 Å². The molecule has 0 aliphatic heterocycles. The summed E-state index contributed by atoms with van der Waals surface area (Å²) >= 11 is 0. The van der Waals surface area contributed by atoms with Gasteiger partial charge in [-0.1, -0.05) is 5.92 Å². The van der Waals surface area contributed by atoms with E-state index < -0.39 is 0 Å². The molecular formula is C11H9N. The summed E-state index contributed by atoms with van der Waals surface area (Å²) in [6, 6.07) is 5.66. The summed E-state index contributed by atoms with van der Waals surface area (Å²) in [5, 5.41) is 8.65. The Morgan fingerprint density at radius 2 is 2.00 bits per heavy atom. The van der Waals surface area contributed by atoms with E-state index in [0.717, 1.165) is 16.7 Å². The average molecular weight is 155 g/mol. The molecule has 0 spiro atoms. The van der Waals surface area contributed by atoms with Crippen molar-refractivity contribution in [3.05, 3.63) is 34.4 Å². The van der Waals surface area contributed by atoms with Gasteiger partial charge >= 0.3 is 0 Å². The van der Waals surface area contributed by atoms with Crippen molar-refractivity contribution in [3.63, 3.8) is 0 Å². The average Bonchev–Trinajstić information content (AvgIpc) is 2.09. The van der Waals surface area contributed by atoms with Gasteiger partial charge in [0.15, 0.2) is 0 Å². The van der Waals surface area contributed by atoms with E-state index in [4.69, 9.17) is 11.7 Å².